The van der Waals surface area contributed by atoms with Gasteiger partial charge < -0.3 is 20.3 Å². The summed E-state index contributed by atoms with van der Waals surface area (Å²) in [4.78, 5) is 17.9. The van der Waals surface area contributed by atoms with Crippen LogP contribution in [0.5, 0.6) is 5.75 Å². The number of nitrogens with one attached hydrogen (secondary N) is 1. The third kappa shape index (κ3) is 3.13. The first-order valence-corrected chi connectivity index (χ1v) is 5.34. The maximum Gasteiger partial charge on any atom is 0.406 e. The molecule has 8 heteroatoms. The molecule has 0 aliphatic carbocycles. The highest BCUT2D eigenvalue weighted by molar-refractivity contribution is 5.42. The Bertz CT molecular complexity index is 590. The predicted octanol–water partition coefficient (Wildman–Crippen LogP) is 1.25. The van der Waals surface area contributed by atoms with Crippen molar-refractivity contribution in [1.82, 2.24) is 9.97 Å². The average Bonchev–Trinajstić information content (AvgIpc) is 2.45. The third-order valence-corrected chi connectivity index (χ3v) is 2.28. The molecule has 0 radical (unpaired) electrons. The van der Waals surface area contributed by atoms with E-state index in [0.717, 1.165) is 0 Å². The van der Waals surface area contributed by atoms with Crippen LogP contribution in [0.1, 0.15) is 5.69 Å². The Morgan fingerprint density at radius 2 is 2.21 bits per heavy atom. The largest absolute Gasteiger partial charge is 0.479 e. The van der Waals surface area contributed by atoms with Gasteiger partial charge in [0.1, 0.15) is 12.8 Å². The van der Waals surface area contributed by atoms with E-state index in [1.165, 1.54) is 12.3 Å². The first kappa shape index (κ1) is 12.7. The number of hydrogen-bond acceptors (Lipinski definition) is 7. The van der Waals surface area contributed by atoms with Crippen LogP contribution < -0.4 is 16.0 Å². The predicted molar refractivity (Wildman–Crippen MR) is 67.3 cm³/mol. The second-order valence-corrected chi connectivity index (χ2v) is 3.55. The highest BCUT2D eigenvalue weighted by Crippen LogP contribution is 2.23. The topological polar surface area (TPSA) is 116 Å². The molecular weight excluding hydrogens is 250 g/mol. The number of anilines is 1. The van der Waals surface area contributed by atoms with Crippen LogP contribution in [0.25, 0.3) is 0 Å². The molecule has 98 valence electrons. The van der Waals surface area contributed by atoms with Crippen LogP contribution >= 0.6 is 0 Å². The molecule has 0 spiro atoms. The van der Waals surface area contributed by atoms with Crippen LogP contribution in [0.2, 0.25) is 0 Å². The van der Waals surface area contributed by atoms with Crippen molar-refractivity contribution in [2.75, 3.05) is 5.43 Å². The lowest BCUT2D eigenvalue weighted by atomic mass is 10.3. The minimum absolute atomic E-state index is 0.0854. The van der Waals surface area contributed by atoms with Gasteiger partial charge in [0.05, 0.1) is 11.4 Å². The van der Waals surface area contributed by atoms with Gasteiger partial charge in [-0.1, -0.05) is 0 Å². The third-order valence-electron chi connectivity index (χ3n) is 2.28. The van der Waals surface area contributed by atoms with E-state index in [9.17, 15) is 10.1 Å². The Hall–Kier alpha value is -2.74. The highest BCUT2D eigenvalue weighted by Gasteiger charge is 2.15. The molecule has 0 saturated heterocycles. The molecule has 2 aromatic rings. The van der Waals surface area contributed by atoms with Crippen LogP contribution in [-0.2, 0) is 6.61 Å². The summed E-state index contributed by atoms with van der Waals surface area (Å²) in [7, 11) is 0. The van der Waals surface area contributed by atoms with Crippen LogP contribution in [-0.4, -0.2) is 14.9 Å². The molecule has 0 aromatic carbocycles. The van der Waals surface area contributed by atoms with Crippen molar-refractivity contribution < 1.29 is 9.66 Å². The van der Waals surface area contributed by atoms with E-state index >= 15 is 0 Å². The van der Waals surface area contributed by atoms with Crippen molar-refractivity contribution in [3.05, 3.63) is 52.5 Å². The lowest BCUT2D eigenvalue weighted by Gasteiger charge is -2.06. The summed E-state index contributed by atoms with van der Waals surface area (Å²) >= 11 is 0. The summed E-state index contributed by atoms with van der Waals surface area (Å²) in [6.07, 6.45) is 2.90. The number of pyridine rings is 2. The molecular formula is C11H11N5O3. The number of rotatable bonds is 5. The summed E-state index contributed by atoms with van der Waals surface area (Å²) in [6, 6.07) is 6.42. The Balaban J connectivity index is 2.12. The fraction of sp³-hybridized carbons (Fsp3) is 0.0909. The van der Waals surface area contributed by atoms with E-state index in [1.54, 1.807) is 24.4 Å². The van der Waals surface area contributed by atoms with Gasteiger partial charge in [-0.3, -0.25) is 10.8 Å². The minimum Gasteiger partial charge on any atom is -0.479 e. The van der Waals surface area contributed by atoms with Crippen LogP contribution in [0.3, 0.4) is 0 Å². The molecule has 0 bridgehead atoms. The van der Waals surface area contributed by atoms with Gasteiger partial charge in [0.2, 0.25) is 5.75 Å². The maximum atomic E-state index is 10.8. The Morgan fingerprint density at radius 1 is 1.37 bits per heavy atom. The molecule has 0 amide bonds. The first-order valence-electron chi connectivity index (χ1n) is 5.34. The maximum absolute atomic E-state index is 10.8. The fourth-order valence-corrected chi connectivity index (χ4v) is 1.43. The molecule has 2 rings (SSSR count). The summed E-state index contributed by atoms with van der Waals surface area (Å²) in [5.41, 5.74) is 3.75. The van der Waals surface area contributed by atoms with Crippen molar-refractivity contribution in [2.24, 2.45) is 5.84 Å². The summed E-state index contributed by atoms with van der Waals surface area (Å²) in [6.45, 7) is 0.0854. The van der Waals surface area contributed by atoms with Gasteiger partial charge in [0.25, 0.3) is 0 Å². The van der Waals surface area contributed by atoms with Crippen molar-refractivity contribution >= 4 is 11.5 Å². The van der Waals surface area contributed by atoms with E-state index in [4.69, 9.17) is 10.6 Å². The number of nitrogens with zero attached hydrogens (tertiary/aromatic N) is 3. The Kier molecular flexibility index (Phi) is 3.84. The number of aromatic nitrogens is 2. The zero-order chi connectivity index (χ0) is 13.7. The van der Waals surface area contributed by atoms with E-state index in [-0.39, 0.29) is 18.2 Å². The van der Waals surface area contributed by atoms with E-state index < -0.39 is 4.92 Å². The molecule has 8 nitrogen and oxygen atoms in total. The highest BCUT2D eigenvalue weighted by atomic mass is 16.6. The summed E-state index contributed by atoms with van der Waals surface area (Å²) in [5, 5.41) is 10.8. The molecule has 0 unspecified atom stereocenters. The molecule has 0 saturated carbocycles. The number of nitro groups is 1. The quantitative estimate of drug-likeness (QED) is 0.472. The van der Waals surface area contributed by atoms with Crippen LogP contribution in [0.4, 0.5) is 11.5 Å². The summed E-state index contributed by atoms with van der Waals surface area (Å²) in [5.74, 6) is 5.05. The molecule has 0 aliphatic heterocycles. The first-order chi connectivity index (χ1) is 9.20. The standard InChI is InChI=1S/C11H11N5O3/c12-15-8-3-5-13-9(6-8)7-19-10-2-1-4-14-11(10)16(17)18/h1-6H,7,12H2,(H,13,15). The van der Waals surface area contributed by atoms with Gasteiger partial charge in [-0.05, 0) is 34.2 Å². The molecule has 19 heavy (non-hydrogen) atoms. The smallest absolute Gasteiger partial charge is 0.406 e. The molecule has 2 heterocycles. The van der Waals surface area contributed by atoms with Crippen molar-refractivity contribution in [3.63, 3.8) is 0 Å². The van der Waals surface area contributed by atoms with Crippen molar-refractivity contribution in [3.8, 4) is 5.75 Å². The van der Waals surface area contributed by atoms with Gasteiger partial charge in [-0.2, -0.15) is 0 Å². The second kappa shape index (κ2) is 5.74. The van der Waals surface area contributed by atoms with Gasteiger partial charge in [0, 0.05) is 6.20 Å². The average molecular weight is 261 g/mol. The lowest BCUT2D eigenvalue weighted by molar-refractivity contribution is -0.390. The van der Waals surface area contributed by atoms with E-state index in [0.29, 0.717) is 11.4 Å². The van der Waals surface area contributed by atoms with Crippen LogP contribution in [0, 0.1) is 10.1 Å². The Labute approximate surface area is 108 Å². The number of hydrogen-bond donors (Lipinski definition) is 2. The fourth-order valence-electron chi connectivity index (χ4n) is 1.43. The molecule has 3 N–H and O–H groups in total. The minimum atomic E-state index is -0.597. The Morgan fingerprint density at radius 3 is 2.95 bits per heavy atom. The van der Waals surface area contributed by atoms with Gasteiger partial charge in [0.15, 0.2) is 0 Å². The zero-order valence-electron chi connectivity index (χ0n) is 9.81. The summed E-state index contributed by atoms with van der Waals surface area (Å²) < 4.78 is 5.35. The second-order valence-electron chi connectivity index (χ2n) is 3.55. The van der Waals surface area contributed by atoms with E-state index in [2.05, 4.69) is 15.4 Å². The monoisotopic (exact) mass is 261 g/mol. The number of hydrazine groups is 1. The lowest BCUT2D eigenvalue weighted by Crippen LogP contribution is -2.08. The van der Waals surface area contributed by atoms with Gasteiger partial charge >= 0.3 is 5.82 Å². The molecule has 0 aliphatic rings. The van der Waals surface area contributed by atoms with Crippen molar-refractivity contribution in [2.45, 2.75) is 6.61 Å². The molecule has 0 fully saturated rings. The van der Waals surface area contributed by atoms with Crippen molar-refractivity contribution in [1.29, 1.82) is 0 Å². The van der Waals surface area contributed by atoms with Crippen LogP contribution in [0.15, 0.2) is 36.7 Å². The number of nitrogen functional groups attached to an aromatic ring is 1. The number of nitrogens with two attached hydrogens (primary N) is 1. The van der Waals surface area contributed by atoms with Gasteiger partial charge in [-0.25, -0.2) is 0 Å². The molecule has 0 atom stereocenters. The number of ether oxygens (including phenoxy) is 1. The van der Waals surface area contributed by atoms with Gasteiger partial charge in [-0.15, -0.1) is 0 Å². The SMILES string of the molecule is NNc1ccnc(COc2cccnc2[N+](=O)[O-])c1. The normalized spacial score (nSPS) is 9.95. The molecule has 2 aromatic heterocycles. The van der Waals surface area contributed by atoms with E-state index in [1.807, 2.05) is 0 Å². The zero-order valence-corrected chi connectivity index (χ0v) is 9.81.